The van der Waals surface area contributed by atoms with Crippen LogP contribution in [-0.4, -0.2) is 20.4 Å². The zero-order valence-electron chi connectivity index (χ0n) is 14.5. The van der Waals surface area contributed by atoms with Gasteiger partial charge in [0.1, 0.15) is 11.5 Å². The Labute approximate surface area is 143 Å². The van der Waals surface area contributed by atoms with Crippen LogP contribution in [0.25, 0.3) is 11.1 Å². The number of methoxy groups -OCH3 is 2. The predicted octanol–water partition coefficient (Wildman–Crippen LogP) is 5.81. The molecule has 3 heteroatoms. The van der Waals surface area contributed by atoms with Crippen LogP contribution in [0.1, 0.15) is 32.6 Å². The Balaban J connectivity index is 0.000000322. The Kier molecular flexibility index (Phi) is 10.2. The average Bonchev–Trinajstić information content (AvgIpc) is 2.62. The Morgan fingerprint density at radius 2 is 1.39 bits per heavy atom. The molecule has 0 radical (unpaired) electrons. The van der Waals surface area contributed by atoms with E-state index in [0.717, 1.165) is 22.6 Å². The molecule has 0 N–H and O–H groups in total. The number of unbranched alkanes of at least 4 members (excludes halogenated alkanes) is 3. The van der Waals surface area contributed by atoms with Crippen molar-refractivity contribution in [3.05, 3.63) is 48.5 Å². The van der Waals surface area contributed by atoms with Crippen molar-refractivity contribution in [2.24, 2.45) is 0 Å². The number of benzene rings is 2. The minimum absolute atomic E-state index is 0.825. The summed E-state index contributed by atoms with van der Waals surface area (Å²) < 4.78 is 10.7. The van der Waals surface area contributed by atoms with Gasteiger partial charge in [-0.15, -0.1) is 9.24 Å². The third kappa shape index (κ3) is 6.62. The molecule has 0 spiro atoms. The zero-order valence-corrected chi connectivity index (χ0v) is 15.7. The molecule has 2 nitrogen and oxygen atoms in total. The van der Waals surface area contributed by atoms with E-state index in [4.69, 9.17) is 9.47 Å². The second-order valence-corrected chi connectivity index (χ2v) is 5.83. The van der Waals surface area contributed by atoms with E-state index in [2.05, 4.69) is 16.2 Å². The van der Waals surface area contributed by atoms with Crippen molar-refractivity contribution in [2.45, 2.75) is 32.6 Å². The summed E-state index contributed by atoms with van der Waals surface area (Å²) in [6, 6.07) is 15.9. The van der Waals surface area contributed by atoms with Gasteiger partial charge in [0.2, 0.25) is 0 Å². The van der Waals surface area contributed by atoms with Crippen LogP contribution in [-0.2, 0) is 0 Å². The number of ether oxygens (including phenoxy) is 2. The molecule has 23 heavy (non-hydrogen) atoms. The van der Waals surface area contributed by atoms with Crippen LogP contribution in [0.2, 0.25) is 0 Å². The molecular formula is C20H29O2P. The van der Waals surface area contributed by atoms with Crippen LogP contribution in [0.3, 0.4) is 0 Å². The van der Waals surface area contributed by atoms with E-state index in [1.807, 2.05) is 48.5 Å². The molecule has 0 bridgehead atoms. The monoisotopic (exact) mass is 332 g/mol. The van der Waals surface area contributed by atoms with E-state index in [-0.39, 0.29) is 0 Å². The van der Waals surface area contributed by atoms with Gasteiger partial charge in [0.25, 0.3) is 0 Å². The molecule has 0 saturated heterocycles. The second-order valence-electron chi connectivity index (χ2n) is 5.25. The molecule has 0 amide bonds. The molecule has 1 unspecified atom stereocenters. The van der Waals surface area contributed by atoms with Crippen molar-refractivity contribution in [1.82, 2.24) is 0 Å². The van der Waals surface area contributed by atoms with Crippen LogP contribution in [0.15, 0.2) is 48.5 Å². The van der Waals surface area contributed by atoms with Gasteiger partial charge in [0.05, 0.1) is 19.8 Å². The van der Waals surface area contributed by atoms with Gasteiger partial charge in [-0.25, -0.2) is 0 Å². The fraction of sp³-hybridized carbons (Fsp3) is 0.400. The summed E-state index contributed by atoms with van der Waals surface area (Å²) in [5.41, 5.74) is 2.09. The van der Waals surface area contributed by atoms with Crippen LogP contribution in [0, 0.1) is 0 Å². The third-order valence-electron chi connectivity index (χ3n) is 3.55. The number of hydrogen-bond acceptors (Lipinski definition) is 2. The summed E-state index contributed by atoms with van der Waals surface area (Å²) in [7, 11) is 6.09. The minimum atomic E-state index is 0.825. The van der Waals surface area contributed by atoms with Gasteiger partial charge in [-0.05, 0) is 30.3 Å². The zero-order chi connectivity index (χ0) is 16.9. The number of hydrogen-bond donors (Lipinski definition) is 0. The van der Waals surface area contributed by atoms with E-state index in [9.17, 15) is 0 Å². The maximum atomic E-state index is 5.36. The maximum absolute atomic E-state index is 5.36. The normalized spacial score (nSPS) is 9.74. The molecule has 0 aliphatic heterocycles. The summed E-state index contributed by atoms with van der Waals surface area (Å²) in [6.45, 7) is 2.24. The molecular weight excluding hydrogens is 303 g/mol. The van der Waals surface area contributed by atoms with Crippen molar-refractivity contribution >= 4 is 9.24 Å². The third-order valence-corrected chi connectivity index (χ3v) is 3.96. The van der Waals surface area contributed by atoms with E-state index in [1.54, 1.807) is 14.2 Å². The Morgan fingerprint density at radius 1 is 0.783 bits per heavy atom. The average molecular weight is 332 g/mol. The van der Waals surface area contributed by atoms with Crippen molar-refractivity contribution in [1.29, 1.82) is 0 Å². The first kappa shape index (κ1) is 19.5. The lowest BCUT2D eigenvalue weighted by molar-refractivity contribution is 0.397. The first-order valence-electron chi connectivity index (χ1n) is 8.24. The number of rotatable bonds is 7. The predicted molar refractivity (Wildman–Crippen MR) is 104 cm³/mol. The van der Waals surface area contributed by atoms with E-state index < -0.39 is 0 Å². The molecule has 0 saturated carbocycles. The van der Waals surface area contributed by atoms with Crippen LogP contribution in [0.5, 0.6) is 11.5 Å². The van der Waals surface area contributed by atoms with Gasteiger partial charge < -0.3 is 9.47 Å². The molecule has 2 aromatic carbocycles. The smallest absolute Gasteiger partial charge is 0.130 e. The van der Waals surface area contributed by atoms with Gasteiger partial charge in [0.15, 0.2) is 0 Å². The van der Waals surface area contributed by atoms with Gasteiger partial charge >= 0.3 is 0 Å². The SMILES string of the molecule is CCCCCCP.COc1cccc(OC)c1-c1ccccc1. The summed E-state index contributed by atoms with van der Waals surface area (Å²) in [5.74, 6) is 1.65. The molecule has 2 rings (SSSR count). The Hall–Kier alpha value is -1.53. The Morgan fingerprint density at radius 3 is 1.87 bits per heavy atom. The van der Waals surface area contributed by atoms with Gasteiger partial charge in [-0.2, -0.15) is 0 Å². The van der Waals surface area contributed by atoms with E-state index in [0.29, 0.717) is 0 Å². The molecule has 0 aliphatic rings. The topological polar surface area (TPSA) is 18.5 Å². The molecule has 0 aliphatic carbocycles. The highest BCUT2D eigenvalue weighted by atomic mass is 31.0. The van der Waals surface area contributed by atoms with Gasteiger partial charge in [0, 0.05) is 0 Å². The lowest BCUT2D eigenvalue weighted by Gasteiger charge is -2.12. The minimum Gasteiger partial charge on any atom is -0.496 e. The first-order chi connectivity index (χ1) is 11.3. The maximum Gasteiger partial charge on any atom is 0.130 e. The fourth-order valence-electron chi connectivity index (χ4n) is 2.31. The highest BCUT2D eigenvalue weighted by Gasteiger charge is 2.10. The molecule has 0 aromatic heterocycles. The summed E-state index contributed by atoms with van der Waals surface area (Å²) in [5, 5.41) is 0. The lowest BCUT2D eigenvalue weighted by Crippen LogP contribution is -1.92. The fourth-order valence-corrected chi connectivity index (χ4v) is 2.60. The van der Waals surface area contributed by atoms with Crippen LogP contribution in [0.4, 0.5) is 0 Å². The molecule has 2 aromatic rings. The van der Waals surface area contributed by atoms with Crippen molar-refractivity contribution < 1.29 is 9.47 Å². The molecule has 126 valence electrons. The summed E-state index contributed by atoms with van der Waals surface area (Å²) >= 11 is 0. The summed E-state index contributed by atoms with van der Waals surface area (Å²) in [4.78, 5) is 0. The highest BCUT2D eigenvalue weighted by molar-refractivity contribution is 7.16. The standard InChI is InChI=1S/C14H14O2.C6H15P/c1-15-12-9-6-10-13(16-2)14(12)11-7-4-3-5-8-11;1-2-3-4-5-6-7/h3-10H,1-2H3;2-7H2,1H3. The Bertz CT molecular complexity index is 514. The van der Waals surface area contributed by atoms with E-state index >= 15 is 0 Å². The van der Waals surface area contributed by atoms with Crippen LogP contribution < -0.4 is 9.47 Å². The largest absolute Gasteiger partial charge is 0.496 e. The lowest BCUT2D eigenvalue weighted by atomic mass is 10.0. The highest BCUT2D eigenvalue weighted by Crippen LogP contribution is 2.37. The summed E-state index contributed by atoms with van der Waals surface area (Å²) in [6.07, 6.45) is 6.84. The second kappa shape index (κ2) is 12.0. The van der Waals surface area contributed by atoms with Crippen molar-refractivity contribution in [3.63, 3.8) is 0 Å². The van der Waals surface area contributed by atoms with E-state index in [1.165, 1.54) is 31.8 Å². The van der Waals surface area contributed by atoms with Gasteiger partial charge in [-0.3, -0.25) is 0 Å². The quantitative estimate of drug-likeness (QED) is 0.470. The van der Waals surface area contributed by atoms with Crippen molar-refractivity contribution in [2.75, 3.05) is 20.4 Å². The van der Waals surface area contributed by atoms with Crippen LogP contribution >= 0.6 is 9.24 Å². The van der Waals surface area contributed by atoms with Crippen molar-refractivity contribution in [3.8, 4) is 22.6 Å². The first-order valence-corrected chi connectivity index (χ1v) is 9.06. The molecule has 1 atom stereocenters. The molecule has 0 fully saturated rings. The molecule has 0 heterocycles. The van der Waals surface area contributed by atoms with Gasteiger partial charge in [-0.1, -0.05) is 62.6 Å².